The normalized spacial score (nSPS) is 25.8. The van der Waals surface area contributed by atoms with Gasteiger partial charge in [0.25, 0.3) is 0 Å². The monoisotopic (exact) mass is 259 g/mol. The zero-order chi connectivity index (χ0) is 13.5. The number of hydrogen-bond donors (Lipinski definition) is 1. The molecule has 0 radical (unpaired) electrons. The third-order valence-corrected chi connectivity index (χ3v) is 3.98. The van der Waals surface area contributed by atoms with E-state index in [-0.39, 0.29) is 5.92 Å². The number of primary amides is 1. The zero-order valence-electron chi connectivity index (χ0n) is 10.3. The standard InChI is InChI=1S/C14H14FN3O/c15-11-8-17-18(9-11)14(13(16)19)7-6-12(14)10-4-2-1-3-5-10/h1-5,8-9,12H,6-7H2,(H2,16,19). The van der Waals surface area contributed by atoms with Crippen LogP contribution in [0.3, 0.4) is 0 Å². The van der Waals surface area contributed by atoms with E-state index < -0.39 is 17.3 Å². The molecule has 4 nitrogen and oxygen atoms in total. The minimum Gasteiger partial charge on any atom is -0.368 e. The Morgan fingerprint density at radius 2 is 2.16 bits per heavy atom. The van der Waals surface area contributed by atoms with Crippen molar-refractivity contribution in [2.45, 2.75) is 24.3 Å². The Morgan fingerprint density at radius 3 is 2.63 bits per heavy atom. The van der Waals surface area contributed by atoms with E-state index in [4.69, 9.17) is 5.73 Å². The molecule has 2 unspecified atom stereocenters. The molecule has 1 aliphatic carbocycles. The van der Waals surface area contributed by atoms with Crippen LogP contribution in [0.1, 0.15) is 24.3 Å². The molecule has 0 bridgehead atoms. The van der Waals surface area contributed by atoms with Crippen LogP contribution in [0, 0.1) is 5.82 Å². The first-order chi connectivity index (χ1) is 9.14. The van der Waals surface area contributed by atoms with Gasteiger partial charge >= 0.3 is 0 Å². The number of halogens is 1. The van der Waals surface area contributed by atoms with Gasteiger partial charge in [-0.05, 0) is 18.4 Å². The van der Waals surface area contributed by atoms with E-state index in [1.54, 1.807) is 0 Å². The van der Waals surface area contributed by atoms with Crippen molar-refractivity contribution in [1.29, 1.82) is 0 Å². The highest BCUT2D eigenvalue weighted by atomic mass is 19.1. The molecule has 2 atom stereocenters. The number of hydrogen-bond acceptors (Lipinski definition) is 2. The molecule has 1 saturated carbocycles. The van der Waals surface area contributed by atoms with Crippen molar-refractivity contribution < 1.29 is 9.18 Å². The Kier molecular flexibility index (Phi) is 2.62. The summed E-state index contributed by atoms with van der Waals surface area (Å²) in [7, 11) is 0. The molecule has 1 aromatic heterocycles. The highest BCUT2D eigenvalue weighted by molar-refractivity contribution is 5.85. The molecule has 1 heterocycles. The fourth-order valence-electron chi connectivity index (χ4n) is 2.89. The molecule has 1 aromatic carbocycles. The molecule has 98 valence electrons. The van der Waals surface area contributed by atoms with E-state index in [1.807, 2.05) is 30.3 Å². The molecule has 0 aliphatic heterocycles. The average molecular weight is 259 g/mol. The van der Waals surface area contributed by atoms with Crippen LogP contribution >= 0.6 is 0 Å². The van der Waals surface area contributed by atoms with E-state index in [9.17, 15) is 9.18 Å². The summed E-state index contributed by atoms with van der Waals surface area (Å²) < 4.78 is 14.6. The maximum atomic E-state index is 13.2. The molecule has 0 saturated heterocycles. The minimum absolute atomic E-state index is 0.0505. The van der Waals surface area contributed by atoms with Crippen LogP contribution in [0.15, 0.2) is 42.7 Å². The summed E-state index contributed by atoms with van der Waals surface area (Å²) in [6.07, 6.45) is 3.77. The van der Waals surface area contributed by atoms with Crippen LogP contribution in [0.25, 0.3) is 0 Å². The van der Waals surface area contributed by atoms with E-state index >= 15 is 0 Å². The molecule has 19 heavy (non-hydrogen) atoms. The van der Waals surface area contributed by atoms with Crippen molar-refractivity contribution >= 4 is 5.91 Å². The van der Waals surface area contributed by atoms with Crippen LogP contribution in [-0.2, 0) is 10.3 Å². The minimum atomic E-state index is -0.939. The van der Waals surface area contributed by atoms with Crippen LogP contribution in [0.2, 0.25) is 0 Å². The first kappa shape index (κ1) is 11.9. The van der Waals surface area contributed by atoms with E-state index in [2.05, 4.69) is 5.10 Å². The second kappa shape index (κ2) is 4.19. The summed E-state index contributed by atoms with van der Waals surface area (Å²) >= 11 is 0. The molecule has 5 heteroatoms. The van der Waals surface area contributed by atoms with Gasteiger partial charge in [0, 0.05) is 5.92 Å². The summed E-state index contributed by atoms with van der Waals surface area (Å²) in [6.45, 7) is 0. The van der Waals surface area contributed by atoms with Gasteiger partial charge in [-0.15, -0.1) is 0 Å². The SMILES string of the molecule is NC(=O)C1(n2cc(F)cn2)CCC1c1ccccc1. The van der Waals surface area contributed by atoms with E-state index in [1.165, 1.54) is 10.9 Å². The third-order valence-electron chi connectivity index (χ3n) is 3.98. The number of nitrogens with zero attached hydrogens (tertiary/aromatic N) is 2. The molecular weight excluding hydrogens is 245 g/mol. The lowest BCUT2D eigenvalue weighted by molar-refractivity contribution is -0.133. The van der Waals surface area contributed by atoms with Crippen molar-refractivity contribution in [1.82, 2.24) is 9.78 Å². The van der Waals surface area contributed by atoms with Gasteiger partial charge in [0.05, 0.1) is 12.4 Å². The molecule has 1 aliphatic rings. The Bertz CT molecular complexity index is 610. The second-order valence-corrected chi connectivity index (χ2v) is 4.89. The second-order valence-electron chi connectivity index (χ2n) is 4.89. The number of aromatic nitrogens is 2. The van der Waals surface area contributed by atoms with Gasteiger partial charge < -0.3 is 5.73 Å². The van der Waals surface area contributed by atoms with E-state index in [0.717, 1.165) is 18.2 Å². The topological polar surface area (TPSA) is 60.9 Å². The first-order valence-corrected chi connectivity index (χ1v) is 6.20. The molecule has 0 spiro atoms. The van der Waals surface area contributed by atoms with Gasteiger partial charge in [-0.3, -0.25) is 9.48 Å². The molecule has 1 fully saturated rings. The number of carbonyl (C=O) groups is 1. The Balaban J connectivity index is 2.06. The van der Waals surface area contributed by atoms with Crippen molar-refractivity contribution in [3.05, 3.63) is 54.1 Å². The van der Waals surface area contributed by atoms with Gasteiger partial charge in [-0.25, -0.2) is 4.39 Å². The van der Waals surface area contributed by atoms with Crippen LogP contribution in [0.4, 0.5) is 4.39 Å². The molecule has 1 amide bonds. The zero-order valence-corrected chi connectivity index (χ0v) is 10.3. The quantitative estimate of drug-likeness (QED) is 0.913. The lowest BCUT2D eigenvalue weighted by Gasteiger charge is -2.47. The summed E-state index contributed by atoms with van der Waals surface area (Å²) in [4.78, 5) is 11.9. The van der Waals surface area contributed by atoms with Gasteiger partial charge in [-0.1, -0.05) is 30.3 Å². The number of amides is 1. The summed E-state index contributed by atoms with van der Waals surface area (Å²) in [6, 6.07) is 9.68. The van der Waals surface area contributed by atoms with Crippen molar-refractivity contribution in [3.8, 4) is 0 Å². The Labute approximate surface area is 110 Å². The number of carbonyl (C=O) groups excluding carboxylic acids is 1. The Morgan fingerprint density at radius 1 is 1.42 bits per heavy atom. The predicted octanol–water partition coefficient (Wildman–Crippen LogP) is 1.78. The number of nitrogens with two attached hydrogens (primary N) is 1. The smallest absolute Gasteiger partial charge is 0.246 e. The summed E-state index contributed by atoms with van der Waals surface area (Å²) in [5, 5.41) is 3.95. The van der Waals surface area contributed by atoms with Gasteiger partial charge in [0.1, 0.15) is 5.54 Å². The van der Waals surface area contributed by atoms with Crippen LogP contribution in [0.5, 0.6) is 0 Å². The highest BCUT2D eigenvalue weighted by Gasteiger charge is 2.54. The summed E-state index contributed by atoms with van der Waals surface area (Å²) in [5.41, 5.74) is 5.67. The lowest BCUT2D eigenvalue weighted by atomic mass is 9.63. The maximum Gasteiger partial charge on any atom is 0.246 e. The van der Waals surface area contributed by atoms with Gasteiger partial charge in [-0.2, -0.15) is 5.10 Å². The maximum absolute atomic E-state index is 13.2. The van der Waals surface area contributed by atoms with Crippen LogP contribution in [-0.4, -0.2) is 15.7 Å². The lowest BCUT2D eigenvalue weighted by Crippen LogP contribution is -2.57. The number of rotatable bonds is 3. The van der Waals surface area contributed by atoms with Crippen molar-refractivity contribution in [3.63, 3.8) is 0 Å². The fraction of sp³-hybridized carbons (Fsp3) is 0.286. The molecule has 3 rings (SSSR count). The first-order valence-electron chi connectivity index (χ1n) is 6.20. The van der Waals surface area contributed by atoms with Gasteiger partial charge in [0.15, 0.2) is 5.82 Å². The van der Waals surface area contributed by atoms with Crippen molar-refractivity contribution in [2.75, 3.05) is 0 Å². The van der Waals surface area contributed by atoms with Crippen LogP contribution < -0.4 is 5.73 Å². The largest absolute Gasteiger partial charge is 0.368 e. The number of benzene rings is 1. The highest BCUT2D eigenvalue weighted by Crippen LogP contribution is 2.50. The molecule has 2 N–H and O–H groups in total. The fourth-order valence-corrected chi connectivity index (χ4v) is 2.89. The third kappa shape index (κ3) is 1.65. The Hall–Kier alpha value is -2.17. The predicted molar refractivity (Wildman–Crippen MR) is 67.8 cm³/mol. The van der Waals surface area contributed by atoms with Gasteiger partial charge in [0.2, 0.25) is 5.91 Å². The molecular formula is C14H14FN3O. The van der Waals surface area contributed by atoms with E-state index in [0.29, 0.717) is 6.42 Å². The average Bonchev–Trinajstić information content (AvgIpc) is 2.76. The van der Waals surface area contributed by atoms with Crippen molar-refractivity contribution in [2.24, 2.45) is 5.73 Å². The summed E-state index contributed by atoms with van der Waals surface area (Å²) in [5.74, 6) is -0.972. The molecule has 2 aromatic rings.